The number of aliphatic hydroxyl groups excluding tert-OH is 1. The van der Waals surface area contributed by atoms with Crippen molar-refractivity contribution in [2.24, 2.45) is 17.8 Å². The van der Waals surface area contributed by atoms with Gasteiger partial charge in [-0.05, 0) is 48.1 Å². The average Bonchev–Trinajstić information content (AvgIpc) is 3.33. The van der Waals surface area contributed by atoms with Crippen LogP contribution in [0.2, 0.25) is 0 Å². The van der Waals surface area contributed by atoms with E-state index in [1.807, 2.05) is 74.5 Å². The maximum atomic E-state index is 14.7. The lowest BCUT2D eigenvalue weighted by molar-refractivity contribution is -0.153. The summed E-state index contributed by atoms with van der Waals surface area (Å²) in [6.07, 6.45) is 10.7. The van der Waals surface area contributed by atoms with E-state index >= 15 is 0 Å². The van der Waals surface area contributed by atoms with Gasteiger partial charge in [-0.2, -0.15) is 0 Å². The molecular weight excluding hydrogens is 524 g/mol. The number of cyclic esters (lactones) is 1. The molecule has 7 nitrogen and oxygen atoms in total. The number of benzene rings is 2. The Morgan fingerprint density at radius 3 is 2.62 bits per heavy atom. The molecule has 40 heavy (non-hydrogen) atoms. The Kier molecular flexibility index (Phi) is 7.25. The zero-order valence-electron chi connectivity index (χ0n) is 22.9. The van der Waals surface area contributed by atoms with E-state index in [9.17, 15) is 19.5 Å². The molecule has 2 fully saturated rings. The summed E-state index contributed by atoms with van der Waals surface area (Å²) in [5.41, 5.74) is 0.757. The van der Waals surface area contributed by atoms with Crippen LogP contribution < -0.4 is 4.90 Å². The monoisotopic (exact) mass is 560 g/mol. The first-order valence-corrected chi connectivity index (χ1v) is 15.2. The largest absolute Gasteiger partial charge is 0.465 e. The normalized spacial score (nSPS) is 31.9. The van der Waals surface area contributed by atoms with E-state index in [2.05, 4.69) is 6.08 Å². The molecule has 0 aliphatic carbocycles. The number of ether oxygens (including phenoxy) is 1. The second-order valence-corrected chi connectivity index (χ2v) is 13.0. The lowest BCUT2D eigenvalue weighted by atomic mass is 9.78. The van der Waals surface area contributed by atoms with Gasteiger partial charge in [-0.15, -0.1) is 11.8 Å². The lowest BCUT2D eigenvalue weighted by Crippen LogP contribution is -2.57. The molecule has 0 bridgehead atoms. The quantitative estimate of drug-likeness (QED) is 0.442. The lowest BCUT2D eigenvalue weighted by Gasteiger charge is -2.39. The number of esters is 1. The second-order valence-electron chi connectivity index (χ2n) is 11.6. The van der Waals surface area contributed by atoms with Gasteiger partial charge in [-0.1, -0.05) is 68.5 Å². The number of aliphatic hydroxyl groups is 1. The van der Waals surface area contributed by atoms with Gasteiger partial charge in [0.05, 0.1) is 35.8 Å². The smallest absolute Gasteiger partial charge is 0.311 e. The van der Waals surface area contributed by atoms with Gasteiger partial charge in [0.15, 0.2) is 0 Å². The van der Waals surface area contributed by atoms with Crippen molar-refractivity contribution in [3.05, 3.63) is 66.8 Å². The van der Waals surface area contributed by atoms with E-state index in [4.69, 9.17) is 4.74 Å². The number of anilines is 1. The molecule has 0 aromatic heterocycles. The number of hydrogen-bond acceptors (Lipinski definition) is 6. The van der Waals surface area contributed by atoms with E-state index in [-0.39, 0.29) is 35.6 Å². The molecule has 1 N–H and O–H groups in total. The van der Waals surface area contributed by atoms with Crippen LogP contribution in [-0.2, 0) is 19.1 Å². The van der Waals surface area contributed by atoms with E-state index in [0.717, 1.165) is 35.7 Å². The molecule has 210 valence electrons. The van der Waals surface area contributed by atoms with Crippen molar-refractivity contribution in [3.8, 4) is 0 Å². The van der Waals surface area contributed by atoms with Crippen LogP contribution in [0.3, 0.4) is 0 Å². The molecule has 0 radical (unpaired) electrons. The molecule has 1 spiro atoms. The zero-order valence-corrected chi connectivity index (χ0v) is 23.8. The fourth-order valence-corrected chi connectivity index (χ4v) is 8.90. The standard InChI is InChI=1S/C32H36N2O5S/c1-20(2)24(19-35)34-28-30(37)33(23-14-13-21-10-6-7-11-22(21)18-23)16-9-15-32(28)27(29(34)36)26-25(40-32)12-5-3-4-8-17-39-31(26)38/h5-7,9-15,18,20,24-28,35H,3-4,8,16-17,19H2,1-2H3/b12-5-/t24-,25+,26-,27-,28?,32-/m0/s1. The number of likely N-dealkylation sites (tertiary alicyclic amines) is 1. The number of hydrogen-bond donors (Lipinski definition) is 1. The summed E-state index contributed by atoms with van der Waals surface area (Å²) in [5, 5.41) is 12.3. The molecule has 4 aliphatic rings. The van der Waals surface area contributed by atoms with E-state index in [1.54, 1.807) is 9.80 Å². The summed E-state index contributed by atoms with van der Waals surface area (Å²) in [6, 6.07) is 12.6. The minimum atomic E-state index is -0.950. The molecule has 0 saturated carbocycles. The third kappa shape index (κ3) is 4.27. The number of rotatable bonds is 4. The highest BCUT2D eigenvalue weighted by Gasteiger charge is 2.71. The van der Waals surface area contributed by atoms with Crippen molar-refractivity contribution in [2.45, 2.75) is 55.2 Å². The summed E-state index contributed by atoms with van der Waals surface area (Å²) in [6.45, 7) is 4.31. The van der Waals surface area contributed by atoms with Crippen LogP contribution in [0.25, 0.3) is 10.8 Å². The molecule has 2 aromatic carbocycles. The van der Waals surface area contributed by atoms with Crippen molar-refractivity contribution in [1.29, 1.82) is 0 Å². The number of allylic oxidation sites excluding steroid dienone is 1. The highest BCUT2D eigenvalue weighted by Crippen LogP contribution is 2.61. The molecule has 6 atom stereocenters. The highest BCUT2D eigenvalue weighted by molar-refractivity contribution is 8.02. The summed E-state index contributed by atoms with van der Waals surface area (Å²) >= 11 is 1.54. The Bertz CT molecular complexity index is 1390. The van der Waals surface area contributed by atoms with Gasteiger partial charge in [0.2, 0.25) is 5.91 Å². The van der Waals surface area contributed by atoms with Crippen molar-refractivity contribution in [3.63, 3.8) is 0 Å². The van der Waals surface area contributed by atoms with Crippen molar-refractivity contribution in [1.82, 2.24) is 4.90 Å². The SMILES string of the molecule is CC(C)[C@H](CO)N1C(=O)[C@@H]2[C@H]3C(=O)OCCCC/C=C\[C@H]3S[C@@]23C=CCN(c2ccc4ccccc4c2)C(=O)C13. The highest BCUT2D eigenvalue weighted by atomic mass is 32.2. The minimum absolute atomic E-state index is 0.0873. The van der Waals surface area contributed by atoms with Crippen LogP contribution in [-0.4, -0.2) is 69.6 Å². The van der Waals surface area contributed by atoms with Crippen molar-refractivity contribution in [2.75, 3.05) is 24.7 Å². The number of carbonyl (C=O) groups excluding carboxylic acids is 3. The fraction of sp³-hybridized carbons (Fsp3) is 0.469. The van der Waals surface area contributed by atoms with E-state index in [1.165, 1.54) is 11.8 Å². The third-order valence-electron chi connectivity index (χ3n) is 8.90. The first kappa shape index (κ1) is 27.1. The Labute approximate surface area is 239 Å². The predicted molar refractivity (Wildman–Crippen MR) is 157 cm³/mol. The maximum absolute atomic E-state index is 14.7. The van der Waals surface area contributed by atoms with Gasteiger partial charge in [-0.25, -0.2) is 0 Å². The number of fused-ring (bicyclic) bond motifs is 3. The van der Waals surface area contributed by atoms with Crippen LogP contribution in [0.4, 0.5) is 5.69 Å². The van der Waals surface area contributed by atoms with Gasteiger partial charge >= 0.3 is 5.97 Å². The molecular formula is C32H36N2O5S. The van der Waals surface area contributed by atoms with Gasteiger partial charge in [-0.3, -0.25) is 14.4 Å². The summed E-state index contributed by atoms with van der Waals surface area (Å²) < 4.78 is 4.75. The summed E-state index contributed by atoms with van der Waals surface area (Å²) in [7, 11) is 0. The van der Waals surface area contributed by atoms with Crippen molar-refractivity contribution >= 4 is 46.0 Å². The Morgan fingerprint density at radius 1 is 1.05 bits per heavy atom. The van der Waals surface area contributed by atoms with Crippen LogP contribution in [0.1, 0.15) is 33.1 Å². The second kappa shape index (κ2) is 10.7. The van der Waals surface area contributed by atoms with Crippen molar-refractivity contribution < 1.29 is 24.2 Å². The molecule has 2 amide bonds. The molecule has 2 saturated heterocycles. The minimum Gasteiger partial charge on any atom is -0.465 e. The van der Waals surface area contributed by atoms with Crippen LogP contribution in [0.15, 0.2) is 66.8 Å². The zero-order chi connectivity index (χ0) is 28.0. The molecule has 1 unspecified atom stereocenters. The summed E-state index contributed by atoms with van der Waals surface area (Å²) in [5.74, 6) is -2.36. The van der Waals surface area contributed by atoms with Gasteiger partial charge in [0.1, 0.15) is 6.04 Å². The number of carbonyl (C=O) groups is 3. The van der Waals surface area contributed by atoms with Crippen LogP contribution in [0, 0.1) is 17.8 Å². The average molecular weight is 561 g/mol. The van der Waals surface area contributed by atoms with Gasteiger partial charge in [0, 0.05) is 17.5 Å². The first-order chi connectivity index (χ1) is 19.4. The van der Waals surface area contributed by atoms with E-state index < -0.39 is 28.7 Å². The van der Waals surface area contributed by atoms with Crippen LogP contribution in [0.5, 0.6) is 0 Å². The molecule has 8 heteroatoms. The van der Waals surface area contributed by atoms with Crippen LogP contribution >= 0.6 is 11.8 Å². The number of amides is 2. The molecule has 4 aliphatic heterocycles. The Balaban J connectivity index is 1.48. The maximum Gasteiger partial charge on any atom is 0.311 e. The third-order valence-corrected chi connectivity index (χ3v) is 10.6. The Morgan fingerprint density at radius 2 is 1.85 bits per heavy atom. The van der Waals surface area contributed by atoms with Gasteiger partial charge in [0.25, 0.3) is 5.91 Å². The summed E-state index contributed by atoms with van der Waals surface area (Å²) in [4.78, 5) is 46.0. The molecule has 4 heterocycles. The number of thioether (sulfide) groups is 1. The number of nitrogens with zero attached hydrogens (tertiary/aromatic N) is 2. The topological polar surface area (TPSA) is 87.2 Å². The predicted octanol–water partition coefficient (Wildman–Crippen LogP) is 4.34. The fourth-order valence-electron chi connectivity index (χ4n) is 6.91. The molecule has 6 rings (SSSR count). The Hall–Kier alpha value is -3.10. The van der Waals surface area contributed by atoms with E-state index in [0.29, 0.717) is 13.2 Å². The molecule has 2 aromatic rings. The first-order valence-electron chi connectivity index (χ1n) is 14.3. The van der Waals surface area contributed by atoms with Gasteiger partial charge < -0.3 is 19.6 Å².